The Morgan fingerprint density at radius 2 is 1.96 bits per heavy atom. The smallest absolute Gasteiger partial charge is 0.314 e. The van der Waals surface area contributed by atoms with Gasteiger partial charge in [-0.1, -0.05) is 6.92 Å². The number of benzene rings is 1. The maximum atomic E-state index is 13.8. The molecule has 0 radical (unpaired) electrons. The average molecular weight is 323 g/mol. The SMILES string of the molecule is CCCO[C@H]1CC[C@H](C(=O)Oc2ccc(C#N)c(F)c2F)CC1. The second-order valence-corrected chi connectivity index (χ2v) is 5.62. The summed E-state index contributed by atoms with van der Waals surface area (Å²) in [6, 6.07) is 3.73. The van der Waals surface area contributed by atoms with E-state index in [2.05, 4.69) is 0 Å². The van der Waals surface area contributed by atoms with Crippen LogP contribution in [-0.4, -0.2) is 18.7 Å². The molecule has 1 fully saturated rings. The van der Waals surface area contributed by atoms with Gasteiger partial charge in [0.1, 0.15) is 6.07 Å². The molecule has 1 aliphatic rings. The van der Waals surface area contributed by atoms with Gasteiger partial charge in [0.25, 0.3) is 0 Å². The van der Waals surface area contributed by atoms with Crippen LogP contribution in [-0.2, 0) is 9.53 Å². The van der Waals surface area contributed by atoms with Crippen molar-refractivity contribution in [2.75, 3.05) is 6.61 Å². The van der Waals surface area contributed by atoms with Crippen LogP contribution in [0.25, 0.3) is 0 Å². The van der Waals surface area contributed by atoms with Crippen LogP contribution in [0.15, 0.2) is 12.1 Å². The van der Waals surface area contributed by atoms with E-state index in [-0.39, 0.29) is 12.0 Å². The van der Waals surface area contributed by atoms with Crippen LogP contribution in [0.5, 0.6) is 5.75 Å². The summed E-state index contributed by atoms with van der Waals surface area (Å²) in [5.74, 6) is -3.99. The average Bonchev–Trinajstić information content (AvgIpc) is 2.57. The van der Waals surface area contributed by atoms with E-state index < -0.39 is 28.9 Å². The summed E-state index contributed by atoms with van der Waals surface area (Å²) >= 11 is 0. The number of halogens is 2. The summed E-state index contributed by atoms with van der Waals surface area (Å²) in [6.45, 7) is 2.74. The van der Waals surface area contributed by atoms with Gasteiger partial charge in [0.05, 0.1) is 17.6 Å². The highest BCUT2D eigenvalue weighted by molar-refractivity contribution is 5.75. The van der Waals surface area contributed by atoms with Crippen molar-refractivity contribution in [2.45, 2.75) is 45.1 Å². The minimum Gasteiger partial charge on any atom is -0.423 e. The molecule has 0 aliphatic heterocycles. The van der Waals surface area contributed by atoms with Gasteiger partial charge in [-0.05, 0) is 44.2 Å². The molecule has 0 heterocycles. The molecule has 0 bridgehead atoms. The van der Waals surface area contributed by atoms with Crippen molar-refractivity contribution in [1.29, 1.82) is 5.26 Å². The fraction of sp³-hybridized carbons (Fsp3) is 0.529. The first-order valence-electron chi connectivity index (χ1n) is 7.78. The zero-order chi connectivity index (χ0) is 16.8. The standard InChI is InChI=1S/C17H19F2NO3/c1-2-9-22-13-6-3-11(4-7-13)17(21)23-14-8-5-12(10-20)15(18)16(14)19/h5,8,11,13H,2-4,6-7,9H2,1H3/t11-,13-. The third-order valence-corrected chi connectivity index (χ3v) is 3.94. The summed E-state index contributed by atoms with van der Waals surface area (Å²) in [7, 11) is 0. The van der Waals surface area contributed by atoms with E-state index in [1.165, 1.54) is 6.07 Å². The first-order chi connectivity index (χ1) is 11.1. The summed E-state index contributed by atoms with van der Waals surface area (Å²) in [4.78, 5) is 12.1. The van der Waals surface area contributed by atoms with Gasteiger partial charge in [-0.2, -0.15) is 9.65 Å². The molecular weight excluding hydrogens is 304 g/mol. The molecule has 124 valence electrons. The Balaban J connectivity index is 1.93. The minimum atomic E-state index is -1.31. The second kappa shape index (κ2) is 8.02. The maximum absolute atomic E-state index is 13.8. The van der Waals surface area contributed by atoms with Crippen LogP contribution < -0.4 is 4.74 Å². The zero-order valence-electron chi connectivity index (χ0n) is 13.0. The fourth-order valence-corrected chi connectivity index (χ4v) is 2.64. The quantitative estimate of drug-likeness (QED) is 0.612. The maximum Gasteiger partial charge on any atom is 0.314 e. The Kier molecular flexibility index (Phi) is 6.05. The van der Waals surface area contributed by atoms with E-state index >= 15 is 0 Å². The number of nitrogens with zero attached hydrogens (tertiary/aromatic N) is 1. The number of rotatable bonds is 5. The van der Waals surface area contributed by atoms with Gasteiger partial charge in [-0.15, -0.1) is 0 Å². The van der Waals surface area contributed by atoms with Crippen LogP contribution in [0, 0.1) is 28.9 Å². The van der Waals surface area contributed by atoms with Crippen molar-refractivity contribution in [3.8, 4) is 11.8 Å². The van der Waals surface area contributed by atoms with Crippen LogP contribution >= 0.6 is 0 Å². The molecule has 4 nitrogen and oxygen atoms in total. The monoisotopic (exact) mass is 323 g/mol. The van der Waals surface area contributed by atoms with Crippen LogP contribution in [0.4, 0.5) is 8.78 Å². The van der Waals surface area contributed by atoms with Gasteiger partial charge in [0.15, 0.2) is 11.6 Å². The normalized spacial score (nSPS) is 20.8. The summed E-state index contributed by atoms with van der Waals surface area (Å²) in [5.41, 5.74) is -0.420. The lowest BCUT2D eigenvalue weighted by molar-refractivity contribution is -0.141. The van der Waals surface area contributed by atoms with E-state index in [1.807, 2.05) is 6.92 Å². The van der Waals surface area contributed by atoms with E-state index in [9.17, 15) is 13.6 Å². The molecule has 0 N–H and O–H groups in total. The highest BCUT2D eigenvalue weighted by atomic mass is 19.2. The van der Waals surface area contributed by atoms with Gasteiger partial charge in [-0.25, -0.2) is 4.39 Å². The van der Waals surface area contributed by atoms with Crippen molar-refractivity contribution >= 4 is 5.97 Å². The van der Waals surface area contributed by atoms with Crippen LogP contribution in [0.3, 0.4) is 0 Å². The number of carbonyl (C=O) groups is 1. The minimum absolute atomic E-state index is 0.156. The number of hydrogen-bond acceptors (Lipinski definition) is 4. The molecule has 1 aromatic rings. The Morgan fingerprint density at radius 3 is 2.57 bits per heavy atom. The lowest BCUT2D eigenvalue weighted by Crippen LogP contribution is -2.29. The molecular formula is C17H19F2NO3. The Bertz CT molecular complexity index is 605. The van der Waals surface area contributed by atoms with E-state index in [0.29, 0.717) is 19.4 Å². The Hall–Kier alpha value is -2.00. The summed E-state index contributed by atoms with van der Waals surface area (Å²) < 4.78 is 37.9. The molecule has 0 saturated heterocycles. The molecule has 0 amide bonds. The van der Waals surface area contributed by atoms with Gasteiger partial charge < -0.3 is 9.47 Å². The lowest BCUT2D eigenvalue weighted by Gasteiger charge is -2.27. The molecule has 2 rings (SSSR count). The molecule has 0 aromatic heterocycles. The summed E-state index contributed by atoms with van der Waals surface area (Å²) in [6.07, 6.45) is 3.82. The van der Waals surface area contributed by atoms with Crippen LogP contribution in [0.1, 0.15) is 44.6 Å². The van der Waals surface area contributed by atoms with Crippen molar-refractivity contribution in [3.05, 3.63) is 29.3 Å². The third-order valence-electron chi connectivity index (χ3n) is 3.94. The molecule has 1 aliphatic carbocycles. The molecule has 0 atom stereocenters. The van der Waals surface area contributed by atoms with Gasteiger partial charge in [0, 0.05) is 6.61 Å². The number of esters is 1. The van der Waals surface area contributed by atoms with Crippen molar-refractivity contribution in [2.24, 2.45) is 5.92 Å². The molecule has 0 spiro atoms. The number of carbonyl (C=O) groups excluding carboxylic acids is 1. The van der Waals surface area contributed by atoms with E-state index in [0.717, 1.165) is 31.4 Å². The highest BCUT2D eigenvalue weighted by Gasteiger charge is 2.29. The Morgan fingerprint density at radius 1 is 1.26 bits per heavy atom. The van der Waals surface area contributed by atoms with Gasteiger partial charge in [0.2, 0.25) is 5.82 Å². The molecule has 0 unspecified atom stereocenters. The highest BCUT2D eigenvalue weighted by Crippen LogP contribution is 2.29. The first kappa shape index (κ1) is 17.4. The molecule has 1 aromatic carbocycles. The fourth-order valence-electron chi connectivity index (χ4n) is 2.64. The molecule has 1 saturated carbocycles. The third kappa shape index (κ3) is 4.26. The number of hydrogen-bond donors (Lipinski definition) is 0. The predicted molar refractivity (Wildman–Crippen MR) is 78.7 cm³/mol. The topological polar surface area (TPSA) is 59.3 Å². The number of nitriles is 1. The van der Waals surface area contributed by atoms with E-state index in [4.69, 9.17) is 14.7 Å². The van der Waals surface area contributed by atoms with Crippen LogP contribution in [0.2, 0.25) is 0 Å². The van der Waals surface area contributed by atoms with Crippen molar-refractivity contribution < 1.29 is 23.0 Å². The van der Waals surface area contributed by atoms with Gasteiger partial charge >= 0.3 is 5.97 Å². The Labute approximate surface area is 134 Å². The van der Waals surface area contributed by atoms with Crippen molar-refractivity contribution in [1.82, 2.24) is 0 Å². The molecule has 6 heteroatoms. The van der Waals surface area contributed by atoms with Gasteiger partial charge in [-0.3, -0.25) is 4.79 Å². The first-order valence-corrected chi connectivity index (χ1v) is 7.78. The largest absolute Gasteiger partial charge is 0.423 e. The second-order valence-electron chi connectivity index (χ2n) is 5.62. The lowest BCUT2D eigenvalue weighted by atomic mass is 9.87. The molecule has 23 heavy (non-hydrogen) atoms. The number of ether oxygens (including phenoxy) is 2. The van der Waals surface area contributed by atoms with E-state index in [1.54, 1.807) is 0 Å². The summed E-state index contributed by atoms with van der Waals surface area (Å²) in [5, 5.41) is 8.63. The predicted octanol–water partition coefficient (Wildman–Crippen LogP) is 3.73. The van der Waals surface area contributed by atoms with Crippen molar-refractivity contribution in [3.63, 3.8) is 0 Å². The zero-order valence-corrected chi connectivity index (χ0v) is 13.0.